The largest absolute Gasteiger partial charge is 0.346 e. The molecule has 0 amide bonds. The molecule has 0 radical (unpaired) electrons. The fraction of sp³-hybridized carbons (Fsp3) is 0.529. The molecule has 0 aromatic heterocycles. The molecule has 3 heterocycles. The monoisotopic (exact) mass is 271 g/mol. The number of benzene rings is 1. The summed E-state index contributed by atoms with van der Waals surface area (Å²) in [6, 6.07) is 9.88. The Balaban J connectivity index is 1.70. The molecule has 0 aliphatic carbocycles. The average molecular weight is 271 g/mol. The van der Waals surface area contributed by atoms with E-state index in [-0.39, 0.29) is 6.29 Å². The number of likely N-dealkylation sites (N-methyl/N-ethyl adjacent to an activating group) is 1. The van der Waals surface area contributed by atoms with Gasteiger partial charge in [-0.05, 0) is 37.4 Å². The molecule has 2 atom stereocenters. The molecule has 0 saturated carbocycles. The van der Waals surface area contributed by atoms with Crippen molar-refractivity contribution in [2.75, 3.05) is 20.3 Å². The molecule has 4 rings (SSSR count). The summed E-state index contributed by atoms with van der Waals surface area (Å²) in [5.41, 5.74) is 4.00. The first-order valence-corrected chi connectivity index (χ1v) is 7.58. The lowest BCUT2D eigenvalue weighted by molar-refractivity contribution is -0.0443. The smallest absolute Gasteiger partial charge is 0.184 e. The van der Waals surface area contributed by atoms with Gasteiger partial charge in [0.1, 0.15) is 0 Å². The van der Waals surface area contributed by atoms with Crippen LogP contribution < -0.4 is 0 Å². The van der Waals surface area contributed by atoms with Crippen molar-refractivity contribution in [3.8, 4) is 0 Å². The van der Waals surface area contributed by atoms with Crippen molar-refractivity contribution in [1.29, 1.82) is 0 Å². The molecule has 2 unspecified atom stereocenters. The van der Waals surface area contributed by atoms with Crippen molar-refractivity contribution in [3.63, 3.8) is 0 Å². The quantitative estimate of drug-likeness (QED) is 0.825. The molecule has 3 aliphatic rings. The van der Waals surface area contributed by atoms with Crippen LogP contribution >= 0.6 is 0 Å². The van der Waals surface area contributed by atoms with Gasteiger partial charge in [0.2, 0.25) is 0 Å². The predicted octanol–water partition coefficient (Wildman–Crippen LogP) is 2.98. The van der Waals surface area contributed by atoms with Gasteiger partial charge in [-0.25, -0.2) is 0 Å². The molecule has 2 bridgehead atoms. The Morgan fingerprint density at radius 2 is 1.90 bits per heavy atom. The summed E-state index contributed by atoms with van der Waals surface area (Å²) in [6.45, 7) is 1.40. The van der Waals surface area contributed by atoms with E-state index in [1.807, 2.05) is 0 Å². The highest BCUT2D eigenvalue weighted by Crippen LogP contribution is 2.40. The van der Waals surface area contributed by atoms with E-state index in [0.717, 1.165) is 6.42 Å². The lowest BCUT2D eigenvalue weighted by Crippen LogP contribution is -2.34. The third-order valence-corrected chi connectivity index (χ3v) is 4.93. The standard InChI is InChI=1S/C17H21NO2/c1-18-13-6-7-14(18)11-12(10-13)15-4-2-3-5-16(15)17-19-8-9-20-17/h2-5,10,13-14,17H,6-9,11H2,1H3. The van der Waals surface area contributed by atoms with Crippen LogP contribution in [0.4, 0.5) is 0 Å². The second-order valence-corrected chi connectivity index (χ2v) is 6.02. The lowest BCUT2D eigenvalue weighted by Gasteiger charge is -2.31. The minimum atomic E-state index is -0.176. The van der Waals surface area contributed by atoms with E-state index in [0.29, 0.717) is 25.3 Å². The third-order valence-electron chi connectivity index (χ3n) is 4.93. The first kappa shape index (κ1) is 12.6. The fourth-order valence-corrected chi connectivity index (χ4v) is 3.77. The van der Waals surface area contributed by atoms with E-state index in [9.17, 15) is 0 Å². The van der Waals surface area contributed by atoms with Crippen molar-refractivity contribution < 1.29 is 9.47 Å². The number of fused-ring (bicyclic) bond motifs is 2. The van der Waals surface area contributed by atoms with Crippen molar-refractivity contribution in [2.45, 2.75) is 37.6 Å². The van der Waals surface area contributed by atoms with Crippen molar-refractivity contribution in [3.05, 3.63) is 41.5 Å². The molecule has 106 valence electrons. The summed E-state index contributed by atoms with van der Waals surface area (Å²) < 4.78 is 11.4. The molecule has 3 nitrogen and oxygen atoms in total. The van der Waals surface area contributed by atoms with Gasteiger partial charge in [-0.15, -0.1) is 0 Å². The second kappa shape index (κ2) is 4.99. The fourth-order valence-electron chi connectivity index (χ4n) is 3.77. The van der Waals surface area contributed by atoms with E-state index < -0.39 is 0 Å². The van der Waals surface area contributed by atoms with Gasteiger partial charge in [-0.3, -0.25) is 4.90 Å². The summed E-state index contributed by atoms with van der Waals surface area (Å²) in [5.74, 6) is 0. The van der Waals surface area contributed by atoms with Crippen molar-refractivity contribution >= 4 is 5.57 Å². The Bertz CT molecular complexity index is 534. The van der Waals surface area contributed by atoms with E-state index in [2.05, 4.69) is 42.3 Å². The molecule has 1 aromatic rings. The van der Waals surface area contributed by atoms with Gasteiger partial charge >= 0.3 is 0 Å². The van der Waals surface area contributed by atoms with Gasteiger partial charge < -0.3 is 9.47 Å². The maximum atomic E-state index is 5.70. The van der Waals surface area contributed by atoms with Crippen molar-refractivity contribution in [1.82, 2.24) is 4.90 Å². The Hall–Kier alpha value is -1.16. The number of nitrogens with zero attached hydrogens (tertiary/aromatic N) is 1. The molecule has 2 fully saturated rings. The molecule has 3 heteroatoms. The lowest BCUT2D eigenvalue weighted by atomic mass is 9.91. The minimum Gasteiger partial charge on any atom is -0.346 e. The van der Waals surface area contributed by atoms with Gasteiger partial charge in [-0.1, -0.05) is 30.3 Å². The highest BCUT2D eigenvalue weighted by molar-refractivity contribution is 5.70. The van der Waals surface area contributed by atoms with Crippen molar-refractivity contribution in [2.24, 2.45) is 0 Å². The second-order valence-electron chi connectivity index (χ2n) is 6.02. The number of ether oxygens (including phenoxy) is 2. The molecule has 0 spiro atoms. The minimum absolute atomic E-state index is 0.176. The van der Waals surface area contributed by atoms with Crippen LogP contribution in [0.3, 0.4) is 0 Å². The van der Waals surface area contributed by atoms with Gasteiger partial charge in [0.15, 0.2) is 6.29 Å². The Kier molecular flexibility index (Phi) is 3.14. The molecule has 20 heavy (non-hydrogen) atoms. The summed E-state index contributed by atoms with van der Waals surface area (Å²) in [5, 5.41) is 0. The number of hydrogen-bond donors (Lipinski definition) is 0. The van der Waals surface area contributed by atoms with Gasteiger partial charge in [0.25, 0.3) is 0 Å². The number of hydrogen-bond acceptors (Lipinski definition) is 3. The normalized spacial score (nSPS) is 30.8. The summed E-state index contributed by atoms with van der Waals surface area (Å²) in [7, 11) is 2.25. The average Bonchev–Trinajstić information content (AvgIpc) is 3.06. The van der Waals surface area contributed by atoms with Crippen LogP contribution in [0.15, 0.2) is 30.3 Å². The maximum absolute atomic E-state index is 5.70. The topological polar surface area (TPSA) is 21.7 Å². The molecule has 2 saturated heterocycles. The van der Waals surface area contributed by atoms with Crippen LogP contribution in [0.5, 0.6) is 0 Å². The van der Waals surface area contributed by atoms with E-state index in [1.165, 1.54) is 29.5 Å². The Labute approximate surface area is 120 Å². The Morgan fingerprint density at radius 1 is 1.10 bits per heavy atom. The highest BCUT2D eigenvalue weighted by Gasteiger charge is 2.35. The SMILES string of the molecule is CN1C2C=C(c3ccccc3C3OCCO3)CC1CC2. The summed E-state index contributed by atoms with van der Waals surface area (Å²) in [4.78, 5) is 2.52. The molecule has 1 aromatic carbocycles. The van der Waals surface area contributed by atoms with Crippen LogP contribution in [-0.4, -0.2) is 37.2 Å². The van der Waals surface area contributed by atoms with E-state index >= 15 is 0 Å². The zero-order chi connectivity index (χ0) is 13.5. The van der Waals surface area contributed by atoms with Gasteiger partial charge in [0, 0.05) is 17.6 Å². The predicted molar refractivity (Wildman–Crippen MR) is 78.3 cm³/mol. The van der Waals surface area contributed by atoms with Gasteiger partial charge in [-0.2, -0.15) is 0 Å². The Morgan fingerprint density at radius 3 is 2.70 bits per heavy atom. The van der Waals surface area contributed by atoms with Crippen LogP contribution in [0.2, 0.25) is 0 Å². The molecular weight excluding hydrogens is 250 g/mol. The summed E-state index contributed by atoms with van der Waals surface area (Å²) in [6.07, 6.45) is 6.04. The van der Waals surface area contributed by atoms with Crippen LogP contribution in [0, 0.1) is 0 Å². The molecule has 3 aliphatic heterocycles. The first-order valence-electron chi connectivity index (χ1n) is 7.58. The van der Waals surface area contributed by atoms with Crippen LogP contribution in [0.1, 0.15) is 36.7 Å². The third kappa shape index (κ3) is 2.01. The summed E-state index contributed by atoms with van der Waals surface area (Å²) >= 11 is 0. The zero-order valence-corrected chi connectivity index (χ0v) is 11.9. The highest BCUT2D eigenvalue weighted by atomic mass is 16.7. The molecule has 0 N–H and O–H groups in total. The first-order chi connectivity index (χ1) is 9.83. The zero-order valence-electron chi connectivity index (χ0n) is 11.9. The van der Waals surface area contributed by atoms with Crippen LogP contribution in [0.25, 0.3) is 5.57 Å². The van der Waals surface area contributed by atoms with E-state index in [1.54, 1.807) is 0 Å². The van der Waals surface area contributed by atoms with Gasteiger partial charge in [0.05, 0.1) is 13.2 Å². The van der Waals surface area contributed by atoms with E-state index in [4.69, 9.17) is 9.47 Å². The number of rotatable bonds is 2. The van der Waals surface area contributed by atoms with Crippen LogP contribution in [-0.2, 0) is 9.47 Å². The maximum Gasteiger partial charge on any atom is 0.184 e. The molecular formula is C17H21NO2.